The Morgan fingerprint density at radius 2 is 1.68 bits per heavy atom. The summed E-state index contributed by atoms with van der Waals surface area (Å²) in [7, 11) is 0. The van der Waals surface area contributed by atoms with E-state index in [4.69, 9.17) is 0 Å². The van der Waals surface area contributed by atoms with Crippen LogP contribution in [0, 0.1) is 0 Å². The number of aliphatic carboxylic acids is 1. The minimum absolute atomic E-state index is 0.186. The lowest BCUT2D eigenvalue weighted by atomic mass is 10.1. The first kappa shape index (κ1) is 13.5. The quantitative estimate of drug-likeness (QED) is 0.822. The number of phenols is 1. The number of carbonyl (C=O) groups is 1. The molecule has 3 nitrogen and oxygen atoms in total. The number of carboxylic acid groups (broad SMARTS) is 1. The smallest absolute Gasteiger partial charge is 0.317 e. The molecule has 98 valence electrons. The Morgan fingerprint density at radius 3 is 2.26 bits per heavy atom. The third kappa shape index (κ3) is 4.03. The number of rotatable bonds is 5. The molecule has 0 aliphatic rings. The summed E-state index contributed by atoms with van der Waals surface area (Å²) in [5, 5.41) is 18.0. The molecule has 0 amide bonds. The van der Waals surface area contributed by atoms with Crippen molar-refractivity contribution in [1.29, 1.82) is 0 Å². The van der Waals surface area contributed by atoms with Crippen molar-refractivity contribution in [1.82, 2.24) is 0 Å². The van der Waals surface area contributed by atoms with Gasteiger partial charge in [0.2, 0.25) is 0 Å². The second kappa shape index (κ2) is 6.29. The highest BCUT2D eigenvalue weighted by molar-refractivity contribution is 8.00. The fourth-order valence-corrected chi connectivity index (χ4v) is 2.71. The molecule has 0 fully saturated rings. The minimum Gasteiger partial charge on any atom is -0.508 e. The summed E-state index contributed by atoms with van der Waals surface area (Å²) in [5.41, 5.74) is 0.897. The molecule has 4 heteroatoms. The van der Waals surface area contributed by atoms with Gasteiger partial charge in [0, 0.05) is 4.90 Å². The zero-order valence-electron chi connectivity index (χ0n) is 10.2. The number of hydrogen-bond donors (Lipinski definition) is 2. The van der Waals surface area contributed by atoms with E-state index in [9.17, 15) is 15.0 Å². The summed E-state index contributed by atoms with van der Waals surface area (Å²) in [6.45, 7) is 0. The Kier molecular flexibility index (Phi) is 4.47. The fraction of sp³-hybridized carbons (Fsp3) is 0.133. The maximum Gasteiger partial charge on any atom is 0.317 e. The van der Waals surface area contributed by atoms with Crippen molar-refractivity contribution in [2.75, 3.05) is 0 Å². The molecule has 2 rings (SSSR count). The number of carboxylic acids is 1. The van der Waals surface area contributed by atoms with Crippen LogP contribution in [0.15, 0.2) is 59.5 Å². The van der Waals surface area contributed by atoms with Crippen LogP contribution in [0.4, 0.5) is 0 Å². The number of phenolic OH excluding ortho intramolecular Hbond substituents is 1. The molecule has 0 bridgehead atoms. The molecule has 0 aliphatic heterocycles. The van der Waals surface area contributed by atoms with E-state index in [0.29, 0.717) is 6.42 Å². The molecule has 1 atom stereocenters. The maximum absolute atomic E-state index is 11.3. The van der Waals surface area contributed by atoms with E-state index >= 15 is 0 Å². The average molecular weight is 274 g/mol. The monoisotopic (exact) mass is 274 g/mol. The molecule has 0 aromatic heterocycles. The molecule has 19 heavy (non-hydrogen) atoms. The molecule has 0 radical (unpaired) electrons. The lowest BCUT2D eigenvalue weighted by Crippen LogP contribution is -2.19. The summed E-state index contributed by atoms with van der Waals surface area (Å²) in [4.78, 5) is 12.2. The second-order valence-electron chi connectivity index (χ2n) is 4.13. The van der Waals surface area contributed by atoms with Gasteiger partial charge in [-0.2, -0.15) is 0 Å². The van der Waals surface area contributed by atoms with Crippen molar-refractivity contribution >= 4 is 17.7 Å². The van der Waals surface area contributed by atoms with Crippen LogP contribution in [0.2, 0.25) is 0 Å². The fourth-order valence-electron chi connectivity index (χ4n) is 1.69. The molecular weight excluding hydrogens is 260 g/mol. The van der Waals surface area contributed by atoms with Gasteiger partial charge in [-0.15, -0.1) is 11.8 Å². The Hall–Kier alpha value is -1.94. The predicted molar refractivity (Wildman–Crippen MR) is 75.5 cm³/mol. The van der Waals surface area contributed by atoms with Crippen LogP contribution in [0.5, 0.6) is 5.75 Å². The first-order chi connectivity index (χ1) is 9.15. The lowest BCUT2D eigenvalue weighted by molar-refractivity contribution is -0.136. The van der Waals surface area contributed by atoms with E-state index in [1.165, 1.54) is 11.8 Å². The number of aromatic hydroxyl groups is 1. The molecule has 0 saturated heterocycles. The van der Waals surface area contributed by atoms with Gasteiger partial charge in [-0.3, -0.25) is 4.79 Å². The number of hydrogen-bond acceptors (Lipinski definition) is 3. The van der Waals surface area contributed by atoms with Crippen molar-refractivity contribution in [3.8, 4) is 5.75 Å². The highest BCUT2D eigenvalue weighted by Crippen LogP contribution is 2.26. The van der Waals surface area contributed by atoms with E-state index in [2.05, 4.69) is 0 Å². The summed E-state index contributed by atoms with van der Waals surface area (Å²) in [5.74, 6) is -0.645. The van der Waals surface area contributed by atoms with Crippen LogP contribution in [-0.4, -0.2) is 21.4 Å². The van der Waals surface area contributed by atoms with Gasteiger partial charge >= 0.3 is 5.97 Å². The van der Waals surface area contributed by atoms with Crippen molar-refractivity contribution in [2.24, 2.45) is 0 Å². The topological polar surface area (TPSA) is 57.5 Å². The highest BCUT2D eigenvalue weighted by atomic mass is 32.2. The van der Waals surface area contributed by atoms with Crippen LogP contribution in [0.3, 0.4) is 0 Å². The van der Waals surface area contributed by atoms with Crippen LogP contribution in [0.25, 0.3) is 0 Å². The number of benzene rings is 2. The van der Waals surface area contributed by atoms with Crippen molar-refractivity contribution < 1.29 is 15.0 Å². The number of thioether (sulfide) groups is 1. The third-order valence-electron chi connectivity index (χ3n) is 2.65. The Bertz CT molecular complexity index is 537. The largest absolute Gasteiger partial charge is 0.508 e. The zero-order chi connectivity index (χ0) is 13.7. The summed E-state index contributed by atoms with van der Waals surface area (Å²) in [6.07, 6.45) is 0.426. The highest BCUT2D eigenvalue weighted by Gasteiger charge is 2.19. The molecule has 2 N–H and O–H groups in total. The Balaban J connectivity index is 2.08. The van der Waals surface area contributed by atoms with Crippen LogP contribution >= 0.6 is 11.8 Å². The maximum atomic E-state index is 11.3. The minimum atomic E-state index is -0.832. The molecule has 1 unspecified atom stereocenters. The van der Waals surface area contributed by atoms with Gasteiger partial charge in [-0.1, -0.05) is 30.3 Å². The van der Waals surface area contributed by atoms with Gasteiger partial charge in [0.1, 0.15) is 11.0 Å². The molecule has 2 aromatic carbocycles. The standard InChI is InChI=1S/C15H14O3S/c16-12-8-6-11(7-9-12)10-14(15(17)18)19-13-4-2-1-3-5-13/h1-9,14,16H,10H2,(H,17,18). The van der Waals surface area contributed by atoms with E-state index in [0.717, 1.165) is 10.5 Å². The molecule has 0 spiro atoms. The molecule has 2 aromatic rings. The van der Waals surface area contributed by atoms with Crippen LogP contribution in [0.1, 0.15) is 5.56 Å². The van der Waals surface area contributed by atoms with Gasteiger partial charge in [-0.25, -0.2) is 0 Å². The zero-order valence-corrected chi connectivity index (χ0v) is 11.0. The van der Waals surface area contributed by atoms with Crippen LogP contribution in [-0.2, 0) is 11.2 Å². The van der Waals surface area contributed by atoms with Crippen molar-refractivity contribution in [3.05, 3.63) is 60.2 Å². The van der Waals surface area contributed by atoms with Gasteiger partial charge in [0.05, 0.1) is 0 Å². The Labute approximate surface area is 115 Å². The van der Waals surface area contributed by atoms with Crippen LogP contribution < -0.4 is 0 Å². The average Bonchev–Trinajstić information content (AvgIpc) is 2.41. The van der Waals surface area contributed by atoms with Gasteiger partial charge in [-0.05, 0) is 36.2 Å². The van der Waals surface area contributed by atoms with E-state index < -0.39 is 11.2 Å². The first-order valence-electron chi connectivity index (χ1n) is 5.87. The summed E-state index contributed by atoms with van der Waals surface area (Å²) < 4.78 is 0. The third-order valence-corrected chi connectivity index (χ3v) is 3.85. The normalized spacial score (nSPS) is 12.0. The SMILES string of the molecule is O=C(O)C(Cc1ccc(O)cc1)Sc1ccccc1. The molecular formula is C15H14O3S. The first-order valence-corrected chi connectivity index (χ1v) is 6.75. The Morgan fingerprint density at radius 1 is 1.05 bits per heavy atom. The van der Waals surface area contributed by atoms with Gasteiger partial charge in [0.15, 0.2) is 0 Å². The van der Waals surface area contributed by atoms with E-state index in [1.807, 2.05) is 30.3 Å². The molecule has 0 heterocycles. The summed E-state index contributed by atoms with van der Waals surface area (Å²) >= 11 is 1.33. The van der Waals surface area contributed by atoms with E-state index in [-0.39, 0.29) is 5.75 Å². The predicted octanol–water partition coefficient (Wildman–Crippen LogP) is 3.18. The van der Waals surface area contributed by atoms with Gasteiger partial charge in [0.25, 0.3) is 0 Å². The molecule has 0 aliphatic carbocycles. The van der Waals surface area contributed by atoms with Crippen molar-refractivity contribution in [2.45, 2.75) is 16.6 Å². The van der Waals surface area contributed by atoms with E-state index in [1.54, 1.807) is 24.3 Å². The van der Waals surface area contributed by atoms with Gasteiger partial charge < -0.3 is 10.2 Å². The van der Waals surface area contributed by atoms with Crippen molar-refractivity contribution in [3.63, 3.8) is 0 Å². The second-order valence-corrected chi connectivity index (χ2v) is 5.40. The molecule has 0 saturated carbocycles. The summed E-state index contributed by atoms with van der Waals surface area (Å²) in [6, 6.07) is 16.1. The lowest BCUT2D eigenvalue weighted by Gasteiger charge is -2.12.